The molecular weight excluding hydrogens is 228 g/mol. The van der Waals surface area contributed by atoms with E-state index in [9.17, 15) is 0 Å². The lowest BCUT2D eigenvalue weighted by atomic mass is 10.1. The molecular formula is C14H22N2S. The van der Waals surface area contributed by atoms with Crippen molar-refractivity contribution in [3.8, 4) is 0 Å². The molecule has 0 atom stereocenters. The van der Waals surface area contributed by atoms with E-state index in [0.717, 1.165) is 17.2 Å². The molecule has 2 N–H and O–H groups in total. The standard InChI is InChI=1S/C14H22N2S/c1-10(2)14(17)16-13-7-5-12(6-8-13)9-15-11(3)4/h5-8,10-11,15H,9H2,1-4H3,(H,16,17). The Morgan fingerprint density at radius 1 is 1.12 bits per heavy atom. The van der Waals surface area contributed by atoms with E-state index >= 15 is 0 Å². The lowest BCUT2D eigenvalue weighted by Gasteiger charge is -2.12. The molecule has 0 fully saturated rings. The van der Waals surface area contributed by atoms with Gasteiger partial charge in [0.1, 0.15) is 0 Å². The van der Waals surface area contributed by atoms with Crippen LogP contribution in [0.15, 0.2) is 24.3 Å². The van der Waals surface area contributed by atoms with Crippen LogP contribution in [0.5, 0.6) is 0 Å². The van der Waals surface area contributed by atoms with Gasteiger partial charge in [0.15, 0.2) is 0 Å². The highest BCUT2D eigenvalue weighted by Crippen LogP contribution is 2.11. The molecule has 0 aliphatic rings. The zero-order chi connectivity index (χ0) is 12.8. The van der Waals surface area contributed by atoms with Crippen molar-refractivity contribution in [2.75, 3.05) is 5.32 Å². The van der Waals surface area contributed by atoms with Gasteiger partial charge < -0.3 is 10.6 Å². The van der Waals surface area contributed by atoms with Gasteiger partial charge in [0, 0.05) is 24.2 Å². The summed E-state index contributed by atoms with van der Waals surface area (Å²) in [5, 5.41) is 6.64. The van der Waals surface area contributed by atoms with Crippen molar-refractivity contribution in [1.82, 2.24) is 5.32 Å². The van der Waals surface area contributed by atoms with E-state index in [-0.39, 0.29) is 0 Å². The molecule has 1 rings (SSSR count). The number of rotatable bonds is 5. The second kappa shape index (κ2) is 6.72. The highest BCUT2D eigenvalue weighted by molar-refractivity contribution is 7.80. The molecule has 0 amide bonds. The van der Waals surface area contributed by atoms with Crippen LogP contribution in [0, 0.1) is 5.92 Å². The Labute approximate surface area is 110 Å². The van der Waals surface area contributed by atoms with Gasteiger partial charge in [0.2, 0.25) is 0 Å². The van der Waals surface area contributed by atoms with E-state index in [1.165, 1.54) is 5.56 Å². The minimum absolute atomic E-state index is 0.382. The quantitative estimate of drug-likeness (QED) is 0.781. The van der Waals surface area contributed by atoms with Gasteiger partial charge in [-0.3, -0.25) is 0 Å². The topological polar surface area (TPSA) is 24.1 Å². The second-order valence-corrected chi connectivity index (χ2v) is 5.32. The largest absolute Gasteiger partial charge is 0.350 e. The van der Waals surface area contributed by atoms with Crippen molar-refractivity contribution >= 4 is 22.9 Å². The van der Waals surface area contributed by atoms with E-state index in [4.69, 9.17) is 12.2 Å². The minimum Gasteiger partial charge on any atom is -0.350 e. The van der Waals surface area contributed by atoms with Crippen molar-refractivity contribution in [3.05, 3.63) is 29.8 Å². The number of hydrogen-bond donors (Lipinski definition) is 2. The van der Waals surface area contributed by atoms with Crippen molar-refractivity contribution in [2.45, 2.75) is 40.3 Å². The Bertz CT molecular complexity index is 355. The summed E-state index contributed by atoms with van der Waals surface area (Å²) in [6.45, 7) is 9.40. The SMILES string of the molecule is CC(C)NCc1ccc(NC(=S)C(C)C)cc1. The lowest BCUT2D eigenvalue weighted by Crippen LogP contribution is -2.21. The molecule has 0 aromatic heterocycles. The van der Waals surface area contributed by atoms with E-state index in [1.807, 2.05) is 0 Å². The summed E-state index contributed by atoms with van der Waals surface area (Å²) in [5.41, 5.74) is 2.36. The van der Waals surface area contributed by atoms with Gasteiger partial charge in [-0.15, -0.1) is 0 Å². The first kappa shape index (κ1) is 14.1. The lowest BCUT2D eigenvalue weighted by molar-refractivity contribution is 0.589. The Balaban J connectivity index is 2.53. The maximum absolute atomic E-state index is 5.25. The summed E-state index contributed by atoms with van der Waals surface area (Å²) in [4.78, 5) is 0.887. The van der Waals surface area contributed by atoms with Crippen molar-refractivity contribution in [3.63, 3.8) is 0 Å². The Hall–Kier alpha value is -0.930. The third kappa shape index (κ3) is 5.29. The van der Waals surface area contributed by atoms with Crippen LogP contribution < -0.4 is 10.6 Å². The normalized spacial score (nSPS) is 10.9. The Kier molecular flexibility index (Phi) is 5.59. The van der Waals surface area contributed by atoms with Crippen LogP contribution in [0.25, 0.3) is 0 Å². The summed E-state index contributed by atoms with van der Waals surface area (Å²) in [5.74, 6) is 0.382. The first-order valence-corrected chi connectivity index (χ1v) is 6.53. The van der Waals surface area contributed by atoms with Gasteiger partial charge in [-0.1, -0.05) is 52.0 Å². The van der Waals surface area contributed by atoms with Crippen LogP contribution in [0.4, 0.5) is 5.69 Å². The fourth-order valence-corrected chi connectivity index (χ4v) is 1.43. The first-order chi connectivity index (χ1) is 7.99. The van der Waals surface area contributed by atoms with Gasteiger partial charge in [-0.2, -0.15) is 0 Å². The second-order valence-electron chi connectivity index (χ2n) is 4.88. The van der Waals surface area contributed by atoms with E-state index in [0.29, 0.717) is 12.0 Å². The van der Waals surface area contributed by atoms with Crippen LogP contribution in [0.1, 0.15) is 33.3 Å². The summed E-state index contributed by atoms with van der Waals surface area (Å²) in [7, 11) is 0. The predicted molar refractivity (Wildman–Crippen MR) is 79.5 cm³/mol. The Morgan fingerprint density at radius 3 is 2.18 bits per heavy atom. The maximum Gasteiger partial charge on any atom is 0.0823 e. The fraction of sp³-hybridized carbons (Fsp3) is 0.500. The van der Waals surface area contributed by atoms with Crippen molar-refractivity contribution < 1.29 is 0 Å². The molecule has 17 heavy (non-hydrogen) atoms. The smallest absolute Gasteiger partial charge is 0.0823 e. The zero-order valence-electron chi connectivity index (χ0n) is 11.1. The number of anilines is 1. The molecule has 1 aromatic rings. The predicted octanol–water partition coefficient (Wildman–Crippen LogP) is 3.58. The summed E-state index contributed by atoms with van der Waals surface area (Å²) < 4.78 is 0. The average Bonchev–Trinajstić information content (AvgIpc) is 2.28. The monoisotopic (exact) mass is 250 g/mol. The van der Waals surface area contributed by atoms with Crippen LogP contribution in [0.3, 0.4) is 0 Å². The molecule has 0 radical (unpaired) electrons. The molecule has 0 aliphatic heterocycles. The van der Waals surface area contributed by atoms with E-state index in [1.54, 1.807) is 0 Å². The number of thiocarbonyl (C=S) groups is 1. The third-order valence-electron chi connectivity index (χ3n) is 2.46. The number of benzene rings is 1. The molecule has 0 aliphatic carbocycles. The van der Waals surface area contributed by atoms with E-state index < -0.39 is 0 Å². The van der Waals surface area contributed by atoms with Gasteiger partial charge in [0.25, 0.3) is 0 Å². The van der Waals surface area contributed by atoms with Gasteiger partial charge in [0.05, 0.1) is 4.99 Å². The number of hydrogen-bond acceptors (Lipinski definition) is 2. The summed E-state index contributed by atoms with van der Waals surface area (Å²) >= 11 is 5.25. The molecule has 0 bridgehead atoms. The summed E-state index contributed by atoms with van der Waals surface area (Å²) in [6, 6.07) is 8.92. The van der Waals surface area contributed by atoms with Gasteiger partial charge in [-0.25, -0.2) is 0 Å². The number of nitrogens with one attached hydrogen (secondary N) is 2. The molecule has 0 saturated heterocycles. The third-order valence-corrected chi connectivity index (χ3v) is 3.03. The maximum atomic E-state index is 5.25. The molecule has 94 valence electrons. The molecule has 1 aromatic carbocycles. The highest BCUT2D eigenvalue weighted by Gasteiger charge is 2.02. The van der Waals surface area contributed by atoms with Crippen LogP contribution in [0.2, 0.25) is 0 Å². The van der Waals surface area contributed by atoms with Crippen molar-refractivity contribution in [1.29, 1.82) is 0 Å². The minimum atomic E-state index is 0.382. The van der Waals surface area contributed by atoms with Gasteiger partial charge >= 0.3 is 0 Å². The average molecular weight is 250 g/mol. The molecule has 0 heterocycles. The zero-order valence-corrected chi connectivity index (χ0v) is 11.9. The Morgan fingerprint density at radius 2 is 1.71 bits per heavy atom. The van der Waals surface area contributed by atoms with Crippen LogP contribution >= 0.6 is 12.2 Å². The molecule has 3 heteroatoms. The highest BCUT2D eigenvalue weighted by atomic mass is 32.1. The molecule has 0 unspecified atom stereocenters. The van der Waals surface area contributed by atoms with Crippen LogP contribution in [-0.4, -0.2) is 11.0 Å². The fourth-order valence-electron chi connectivity index (χ4n) is 1.31. The summed E-state index contributed by atoms with van der Waals surface area (Å²) in [6.07, 6.45) is 0. The van der Waals surface area contributed by atoms with Gasteiger partial charge in [-0.05, 0) is 17.7 Å². The van der Waals surface area contributed by atoms with E-state index in [2.05, 4.69) is 62.6 Å². The van der Waals surface area contributed by atoms with Crippen LogP contribution in [-0.2, 0) is 6.54 Å². The molecule has 2 nitrogen and oxygen atoms in total. The first-order valence-electron chi connectivity index (χ1n) is 6.12. The van der Waals surface area contributed by atoms with Crippen molar-refractivity contribution in [2.24, 2.45) is 5.92 Å². The molecule has 0 saturated carbocycles. The molecule has 0 spiro atoms.